The summed E-state index contributed by atoms with van der Waals surface area (Å²) in [6.07, 6.45) is -0.0990. The Kier molecular flexibility index (Phi) is 8.12. The van der Waals surface area contributed by atoms with Gasteiger partial charge in [0.05, 0.1) is 23.9 Å². The van der Waals surface area contributed by atoms with Gasteiger partial charge in [0.1, 0.15) is 35.4 Å². The molecule has 9 nitrogen and oxygen atoms in total. The van der Waals surface area contributed by atoms with Gasteiger partial charge in [0.25, 0.3) is 0 Å². The highest BCUT2D eigenvalue weighted by atomic mass is 19.1. The number of nitrogens with zero attached hydrogens (tertiary/aromatic N) is 5. The Balaban J connectivity index is 1.40. The van der Waals surface area contributed by atoms with Crippen LogP contribution in [0, 0.1) is 28.8 Å². The molecule has 0 bridgehead atoms. The number of aromatic carboxylic acids is 1. The molecule has 0 amide bonds. The van der Waals surface area contributed by atoms with E-state index in [1.54, 1.807) is 10.6 Å². The van der Waals surface area contributed by atoms with Crippen LogP contribution in [-0.4, -0.2) is 44.3 Å². The third-order valence-corrected chi connectivity index (χ3v) is 6.45. The topological polar surface area (TPSA) is 123 Å². The van der Waals surface area contributed by atoms with Crippen molar-refractivity contribution in [2.45, 2.75) is 19.6 Å². The van der Waals surface area contributed by atoms with Gasteiger partial charge in [-0.25, -0.2) is 32.9 Å². The first-order chi connectivity index (χ1) is 20.3. The minimum atomic E-state index is -1.20. The van der Waals surface area contributed by atoms with Crippen LogP contribution in [-0.2, 0) is 24.3 Å². The Hall–Kier alpha value is -5.28. The maximum absolute atomic E-state index is 15.3. The number of pyridine rings is 2. The van der Waals surface area contributed by atoms with Crippen molar-refractivity contribution < 1.29 is 32.5 Å². The number of rotatable bonds is 10. The number of halogens is 3. The van der Waals surface area contributed by atoms with E-state index < -0.39 is 23.4 Å². The molecule has 42 heavy (non-hydrogen) atoms. The predicted octanol–water partition coefficient (Wildman–Crippen LogP) is 5.30. The molecular weight excluding hydrogens is 551 g/mol. The summed E-state index contributed by atoms with van der Waals surface area (Å²) in [5.41, 5.74) is 0.928. The lowest BCUT2D eigenvalue weighted by atomic mass is 10.0. The van der Waals surface area contributed by atoms with Crippen LogP contribution in [0.15, 0.2) is 60.7 Å². The minimum absolute atomic E-state index is 0.0207. The molecule has 5 rings (SSSR count). The zero-order valence-corrected chi connectivity index (χ0v) is 22.1. The van der Waals surface area contributed by atoms with E-state index in [9.17, 15) is 14.3 Å². The number of benzene rings is 2. The van der Waals surface area contributed by atoms with E-state index in [0.29, 0.717) is 17.0 Å². The van der Waals surface area contributed by atoms with Gasteiger partial charge in [-0.2, -0.15) is 5.26 Å². The molecule has 5 aromatic rings. The van der Waals surface area contributed by atoms with Crippen LogP contribution in [0.4, 0.5) is 13.2 Å². The highest BCUT2D eigenvalue weighted by Gasteiger charge is 2.19. The first kappa shape index (κ1) is 28.3. The summed E-state index contributed by atoms with van der Waals surface area (Å²) in [6, 6.07) is 15.3. The van der Waals surface area contributed by atoms with E-state index in [1.165, 1.54) is 43.5 Å². The number of imidazole rings is 1. The number of carbonyl (C=O) groups is 1. The number of carboxylic acid groups (broad SMARTS) is 1. The van der Waals surface area contributed by atoms with Crippen molar-refractivity contribution in [3.05, 3.63) is 106 Å². The molecule has 0 saturated carbocycles. The molecule has 0 aliphatic heterocycles. The molecule has 0 aliphatic rings. The first-order valence-electron chi connectivity index (χ1n) is 12.6. The van der Waals surface area contributed by atoms with Crippen LogP contribution in [0.5, 0.6) is 5.88 Å². The molecule has 0 unspecified atom stereocenters. The molecule has 212 valence electrons. The normalized spacial score (nSPS) is 11.0. The standard InChI is InChI=1S/C30H22F3N5O4/c1-41-10-9-38-27(35-25-7-8-26(30(39)40)37-29(25)38)13-19-12-23(33)20(14-22(19)32)24-3-2-4-28(36-24)42-16-18-6-5-17(15-34)11-21(18)31/h2-8,11-12,14H,9-10,13,16H2,1H3,(H,39,40). The van der Waals surface area contributed by atoms with Crippen molar-refractivity contribution in [2.75, 3.05) is 13.7 Å². The second-order valence-corrected chi connectivity index (χ2v) is 9.18. The van der Waals surface area contributed by atoms with Crippen molar-refractivity contribution in [1.29, 1.82) is 5.26 Å². The molecule has 3 aromatic heterocycles. The number of nitriles is 1. The lowest BCUT2D eigenvalue weighted by molar-refractivity contribution is 0.0691. The number of hydrogen-bond acceptors (Lipinski definition) is 7. The Morgan fingerprint density at radius 2 is 1.79 bits per heavy atom. The summed E-state index contributed by atoms with van der Waals surface area (Å²) in [7, 11) is 1.50. The Bertz CT molecular complexity index is 1850. The van der Waals surface area contributed by atoms with Crippen LogP contribution in [0.2, 0.25) is 0 Å². The van der Waals surface area contributed by atoms with Gasteiger partial charge in [-0.15, -0.1) is 0 Å². The van der Waals surface area contributed by atoms with E-state index >= 15 is 8.78 Å². The Morgan fingerprint density at radius 3 is 2.52 bits per heavy atom. The fourth-order valence-corrected chi connectivity index (χ4v) is 4.34. The molecule has 0 atom stereocenters. The lowest BCUT2D eigenvalue weighted by Crippen LogP contribution is -2.11. The monoisotopic (exact) mass is 573 g/mol. The van der Waals surface area contributed by atoms with Crippen LogP contribution in [0.3, 0.4) is 0 Å². The summed E-state index contributed by atoms with van der Waals surface area (Å²) in [6.45, 7) is 0.343. The van der Waals surface area contributed by atoms with Gasteiger partial charge >= 0.3 is 5.97 Å². The largest absolute Gasteiger partial charge is 0.477 e. The third-order valence-electron chi connectivity index (χ3n) is 6.45. The number of methoxy groups -OCH3 is 1. The average molecular weight is 574 g/mol. The van der Waals surface area contributed by atoms with E-state index in [-0.39, 0.29) is 65.7 Å². The highest BCUT2D eigenvalue weighted by Crippen LogP contribution is 2.28. The van der Waals surface area contributed by atoms with Crippen LogP contribution in [0.25, 0.3) is 22.4 Å². The highest BCUT2D eigenvalue weighted by molar-refractivity contribution is 5.88. The van der Waals surface area contributed by atoms with Crippen LogP contribution in [0.1, 0.15) is 33.0 Å². The van der Waals surface area contributed by atoms with E-state index in [1.807, 2.05) is 6.07 Å². The number of aromatic nitrogens is 4. The van der Waals surface area contributed by atoms with Crippen molar-refractivity contribution >= 4 is 17.1 Å². The SMILES string of the molecule is COCCn1c(Cc2cc(F)c(-c3cccc(OCc4ccc(C#N)cc4F)n3)cc2F)nc2ccc(C(=O)O)nc21. The Labute approximate surface area is 237 Å². The summed E-state index contributed by atoms with van der Waals surface area (Å²) >= 11 is 0. The van der Waals surface area contributed by atoms with Gasteiger partial charge in [-0.05, 0) is 48.0 Å². The third kappa shape index (κ3) is 5.91. The molecule has 1 N–H and O–H groups in total. The second kappa shape index (κ2) is 12.1. The number of hydrogen-bond donors (Lipinski definition) is 1. The molecule has 3 heterocycles. The number of fused-ring (bicyclic) bond motifs is 1. The minimum Gasteiger partial charge on any atom is -0.477 e. The molecule has 0 saturated heterocycles. The summed E-state index contributed by atoms with van der Waals surface area (Å²) in [4.78, 5) is 24.3. The molecule has 0 radical (unpaired) electrons. The quantitative estimate of drug-likeness (QED) is 0.239. The predicted molar refractivity (Wildman–Crippen MR) is 144 cm³/mol. The van der Waals surface area contributed by atoms with Crippen molar-refractivity contribution in [2.24, 2.45) is 0 Å². The van der Waals surface area contributed by atoms with Gasteiger partial charge < -0.3 is 19.1 Å². The van der Waals surface area contributed by atoms with Gasteiger partial charge in [0.15, 0.2) is 11.3 Å². The fraction of sp³-hybridized carbons (Fsp3) is 0.167. The summed E-state index contributed by atoms with van der Waals surface area (Å²) < 4.78 is 57.2. The first-order valence-corrected chi connectivity index (χ1v) is 12.6. The maximum atomic E-state index is 15.3. The Morgan fingerprint density at radius 1 is 0.976 bits per heavy atom. The van der Waals surface area contributed by atoms with Gasteiger partial charge in [-0.3, -0.25) is 0 Å². The van der Waals surface area contributed by atoms with Crippen molar-refractivity contribution in [3.8, 4) is 23.2 Å². The van der Waals surface area contributed by atoms with Gasteiger partial charge in [0, 0.05) is 37.3 Å². The van der Waals surface area contributed by atoms with Crippen LogP contribution >= 0.6 is 0 Å². The lowest BCUT2D eigenvalue weighted by Gasteiger charge is -2.11. The molecule has 12 heteroatoms. The number of carboxylic acids is 1. The molecule has 2 aromatic carbocycles. The van der Waals surface area contributed by atoms with E-state index in [0.717, 1.165) is 18.2 Å². The summed E-state index contributed by atoms with van der Waals surface area (Å²) in [5, 5.41) is 18.2. The molecule has 0 aliphatic carbocycles. The van der Waals surface area contributed by atoms with E-state index in [4.69, 9.17) is 14.7 Å². The smallest absolute Gasteiger partial charge is 0.354 e. The van der Waals surface area contributed by atoms with Gasteiger partial charge in [-0.1, -0.05) is 12.1 Å². The molecule has 0 fully saturated rings. The maximum Gasteiger partial charge on any atom is 0.354 e. The zero-order chi connectivity index (χ0) is 29.8. The second-order valence-electron chi connectivity index (χ2n) is 9.18. The molecular formula is C30H22F3N5O4. The van der Waals surface area contributed by atoms with Crippen LogP contribution < -0.4 is 4.74 Å². The van der Waals surface area contributed by atoms with Crippen molar-refractivity contribution in [1.82, 2.24) is 19.5 Å². The zero-order valence-electron chi connectivity index (χ0n) is 22.1. The molecule has 0 spiro atoms. The van der Waals surface area contributed by atoms with Gasteiger partial charge in [0.2, 0.25) is 5.88 Å². The average Bonchev–Trinajstić information content (AvgIpc) is 3.33. The van der Waals surface area contributed by atoms with Crippen molar-refractivity contribution in [3.63, 3.8) is 0 Å². The number of ether oxygens (including phenoxy) is 2. The fourth-order valence-electron chi connectivity index (χ4n) is 4.34. The van der Waals surface area contributed by atoms with E-state index in [2.05, 4.69) is 15.0 Å². The summed E-state index contributed by atoms with van der Waals surface area (Å²) in [5.74, 6) is -2.83.